The number of halogens is 1. The number of nitrogens with one attached hydrogen (secondary N) is 1. The van der Waals surface area contributed by atoms with Crippen LogP contribution >= 0.6 is 15.9 Å². The maximum Gasteiger partial charge on any atom is 0.224 e. The fraction of sp³-hybridized carbons (Fsp3) is 0.259. The summed E-state index contributed by atoms with van der Waals surface area (Å²) in [5.41, 5.74) is 4.31. The number of piperidine rings is 1. The fourth-order valence-electron chi connectivity index (χ4n) is 4.60. The second-order valence-electron chi connectivity index (χ2n) is 8.61. The number of carbonyl (C=O) groups is 1. The minimum Gasteiger partial charge on any atom is -0.352 e. The van der Waals surface area contributed by atoms with Gasteiger partial charge in [-0.2, -0.15) is 0 Å². The molecule has 1 atom stereocenters. The van der Waals surface area contributed by atoms with E-state index in [4.69, 9.17) is 4.98 Å². The second-order valence-corrected chi connectivity index (χ2v) is 9.52. The summed E-state index contributed by atoms with van der Waals surface area (Å²) in [6.07, 6.45) is 1.95. The molecule has 1 aromatic heterocycles. The van der Waals surface area contributed by atoms with E-state index in [1.807, 2.05) is 36.4 Å². The highest BCUT2D eigenvalue weighted by Gasteiger charge is 2.27. The van der Waals surface area contributed by atoms with Gasteiger partial charge in [0.1, 0.15) is 5.82 Å². The monoisotopic (exact) mass is 502 g/mol. The zero-order chi connectivity index (χ0) is 22.6. The summed E-state index contributed by atoms with van der Waals surface area (Å²) in [5, 5.41) is 3.13. The van der Waals surface area contributed by atoms with Gasteiger partial charge in [0.2, 0.25) is 5.91 Å². The number of imidazole rings is 1. The highest BCUT2D eigenvalue weighted by atomic mass is 79.9. The molecule has 0 radical (unpaired) electrons. The third-order valence-corrected chi connectivity index (χ3v) is 6.79. The van der Waals surface area contributed by atoms with Gasteiger partial charge in [0, 0.05) is 23.2 Å². The molecule has 3 aromatic carbocycles. The van der Waals surface area contributed by atoms with E-state index in [2.05, 4.69) is 73.2 Å². The second kappa shape index (κ2) is 9.89. The molecular formula is C27H27BrN4O. The minimum atomic E-state index is 0.00738. The minimum absolute atomic E-state index is 0.00738. The molecule has 5 nitrogen and oxygen atoms in total. The first kappa shape index (κ1) is 21.9. The molecule has 0 aliphatic carbocycles. The third kappa shape index (κ3) is 5.02. The van der Waals surface area contributed by atoms with Crippen LogP contribution in [0.25, 0.3) is 16.7 Å². The number of para-hydroxylation sites is 2. The molecule has 6 heteroatoms. The number of hydrogen-bond donors (Lipinski definition) is 1. The van der Waals surface area contributed by atoms with E-state index >= 15 is 0 Å². The molecule has 5 rings (SSSR count). The number of benzene rings is 3. The first-order chi connectivity index (χ1) is 16.2. The molecular weight excluding hydrogens is 476 g/mol. The Hall–Kier alpha value is -2.96. The summed E-state index contributed by atoms with van der Waals surface area (Å²) >= 11 is 3.53. The van der Waals surface area contributed by atoms with Crippen LogP contribution in [0.1, 0.15) is 24.2 Å². The van der Waals surface area contributed by atoms with Gasteiger partial charge < -0.3 is 5.32 Å². The van der Waals surface area contributed by atoms with Crippen molar-refractivity contribution in [2.24, 2.45) is 5.92 Å². The van der Waals surface area contributed by atoms with Gasteiger partial charge in [0.05, 0.1) is 23.5 Å². The Morgan fingerprint density at radius 3 is 2.58 bits per heavy atom. The van der Waals surface area contributed by atoms with E-state index in [0.717, 1.165) is 58.5 Å². The summed E-state index contributed by atoms with van der Waals surface area (Å²) in [6.45, 7) is 3.03. The Labute approximate surface area is 202 Å². The average Bonchev–Trinajstić information content (AvgIpc) is 3.21. The molecule has 1 fully saturated rings. The van der Waals surface area contributed by atoms with Crippen LogP contribution in [0.2, 0.25) is 0 Å². The molecule has 1 saturated heterocycles. The van der Waals surface area contributed by atoms with Gasteiger partial charge in [0.25, 0.3) is 0 Å². The van der Waals surface area contributed by atoms with Crippen LogP contribution in [0, 0.1) is 5.92 Å². The van der Waals surface area contributed by atoms with Crippen LogP contribution in [0.4, 0.5) is 0 Å². The van der Waals surface area contributed by atoms with Crippen molar-refractivity contribution >= 4 is 32.9 Å². The lowest BCUT2D eigenvalue weighted by atomic mass is 9.97. The van der Waals surface area contributed by atoms with Gasteiger partial charge in [-0.3, -0.25) is 14.3 Å². The van der Waals surface area contributed by atoms with E-state index in [0.29, 0.717) is 13.1 Å². The van der Waals surface area contributed by atoms with Crippen molar-refractivity contribution in [2.45, 2.75) is 25.9 Å². The van der Waals surface area contributed by atoms with Gasteiger partial charge in [-0.15, -0.1) is 0 Å². The summed E-state index contributed by atoms with van der Waals surface area (Å²) in [6, 6.07) is 26.7. The smallest absolute Gasteiger partial charge is 0.224 e. The van der Waals surface area contributed by atoms with Crippen molar-refractivity contribution in [3.8, 4) is 5.69 Å². The zero-order valence-corrected chi connectivity index (χ0v) is 20.0. The van der Waals surface area contributed by atoms with Crippen molar-refractivity contribution in [3.63, 3.8) is 0 Å². The SMILES string of the molecule is O=C(NCc1ccccc1)[C@H]1CCCN(Cc2nc3ccccc3n2-c2ccc(Br)cc2)C1. The fourth-order valence-corrected chi connectivity index (χ4v) is 4.87. The molecule has 0 unspecified atom stereocenters. The quantitative estimate of drug-likeness (QED) is 0.388. The van der Waals surface area contributed by atoms with Crippen LogP contribution in [-0.2, 0) is 17.9 Å². The molecule has 0 saturated carbocycles. The van der Waals surface area contributed by atoms with Gasteiger partial charge in [-0.05, 0) is 61.3 Å². The number of nitrogens with zero attached hydrogens (tertiary/aromatic N) is 3. The maximum absolute atomic E-state index is 12.9. The van der Waals surface area contributed by atoms with Crippen LogP contribution in [0.5, 0.6) is 0 Å². The summed E-state index contributed by atoms with van der Waals surface area (Å²) in [7, 11) is 0. The number of likely N-dealkylation sites (tertiary alicyclic amines) is 1. The molecule has 1 aliphatic rings. The first-order valence-electron chi connectivity index (χ1n) is 11.4. The largest absolute Gasteiger partial charge is 0.352 e. The summed E-state index contributed by atoms with van der Waals surface area (Å²) < 4.78 is 3.29. The van der Waals surface area contributed by atoms with Crippen molar-refractivity contribution < 1.29 is 4.79 Å². The normalized spacial score (nSPS) is 16.7. The number of aromatic nitrogens is 2. The molecule has 1 aliphatic heterocycles. The molecule has 33 heavy (non-hydrogen) atoms. The van der Waals surface area contributed by atoms with E-state index in [9.17, 15) is 4.79 Å². The molecule has 1 amide bonds. The molecule has 0 bridgehead atoms. The Balaban J connectivity index is 1.32. The predicted octanol–water partition coefficient (Wildman–Crippen LogP) is 5.32. The molecule has 4 aromatic rings. The van der Waals surface area contributed by atoms with Gasteiger partial charge >= 0.3 is 0 Å². The molecule has 0 spiro atoms. The van der Waals surface area contributed by atoms with E-state index in [1.165, 1.54) is 0 Å². The van der Waals surface area contributed by atoms with Crippen LogP contribution in [-0.4, -0.2) is 33.4 Å². The van der Waals surface area contributed by atoms with Crippen LogP contribution in [0.15, 0.2) is 83.3 Å². The zero-order valence-electron chi connectivity index (χ0n) is 18.5. The number of amides is 1. The highest BCUT2D eigenvalue weighted by Crippen LogP contribution is 2.25. The van der Waals surface area contributed by atoms with Gasteiger partial charge in [-0.25, -0.2) is 4.98 Å². The summed E-state index contributed by atoms with van der Waals surface area (Å²) in [4.78, 5) is 20.2. The number of hydrogen-bond acceptors (Lipinski definition) is 3. The van der Waals surface area contributed by atoms with E-state index in [1.54, 1.807) is 0 Å². The van der Waals surface area contributed by atoms with Gasteiger partial charge in [-0.1, -0.05) is 58.4 Å². The Kier molecular flexibility index (Phi) is 6.55. The number of fused-ring (bicyclic) bond motifs is 1. The number of carbonyl (C=O) groups excluding carboxylic acids is 1. The lowest BCUT2D eigenvalue weighted by Gasteiger charge is -2.31. The number of rotatable bonds is 6. The standard InChI is InChI=1S/C27H27BrN4O/c28-22-12-14-23(15-13-22)32-25-11-5-4-10-24(25)30-26(32)19-31-16-6-9-21(18-31)27(33)29-17-20-7-2-1-3-8-20/h1-5,7-8,10-15,21H,6,9,16-19H2,(H,29,33)/t21-/m0/s1. The highest BCUT2D eigenvalue weighted by molar-refractivity contribution is 9.10. The lowest BCUT2D eigenvalue weighted by molar-refractivity contribution is -0.127. The van der Waals surface area contributed by atoms with Crippen molar-refractivity contribution in [3.05, 3.63) is 94.7 Å². The van der Waals surface area contributed by atoms with Crippen molar-refractivity contribution in [2.75, 3.05) is 13.1 Å². The Morgan fingerprint density at radius 2 is 1.76 bits per heavy atom. The van der Waals surface area contributed by atoms with Crippen LogP contribution < -0.4 is 5.32 Å². The van der Waals surface area contributed by atoms with E-state index in [-0.39, 0.29) is 11.8 Å². The topological polar surface area (TPSA) is 50.2 Å². The van der Waals surface area contributed by atoms with E-state index < -0.39 is 0 Å². The Morgan fingerprint density at radius 1 is 1.00 bits per heavy atom. The van der Waals surface area contributed by atoms with Crippen molar-refractivity contribution in [1.29, 1.82) is 0 Å². The van der Waals surface area contributed by atoms with Crippen LogP contribution in [0.3, 0.4) is 0 Å². The predicted molar refractivity (Wildman–Crippen MR) is 135 cm³/mol. The Bertz CT molecular complexity index is 1240. The molecule has 1 N–H and O–H groups in total. The third-order valence-electron chi connectivity index (χ3n) is 6.27. The average molecular weight is 503 g/mol. The maximum atomic E-state index is 12.9. The summed E-state index contributed by atoms with van der Waals surface area (Å²) in [5.74, 6) is 1.15. The van der Waals surface area contributed by atoms with Crippen molar-refractivity contribution in [1.82, 2.24) is 19.8 Å². The molecule has 168 valence electrons. The first-order valence-corrected chi connectivity index (χ1v) is 12.2. The lowest BCUT2D eigenvalue weighted by Crippen LogP contribution is -2.42. The molecule has 2 heterocycles. The van der Waals surface area contributed by atoms with Gasteiger partial charge in [0.15, 0.2) is 0 Å².